The lowest BCUT2D eigenvalue weighted by molar-refractivity contribution is 0.405. The normalized spacial score (nSPS) is 20.4. The molecular formula is C11H15NOS. The number of para-hydroxylation sites is 1. The zero-order chi connectivity index (χ0) is 9.80. The molecule has 2 rings (SSSR count). The highest BCUT2D eigenvalue weighted by molar-refractivity contribution is 7.98. The molecule has 14 heavy (non-hydrogen) atoms. The second-order valence-electron chi connectivity index (χ2n) is 3.58. The molecule has 0 radical (unpaired) electrons. The van der Waals surface area contributed by atoms with Gasteiger partial charge in [0.15, 0.2) is 0 Å². The average molecular weight is 209 g/mol. The Morgan fingerprint density at radius 2 is 2.21 bits per heavy atom. The van der Waals surface area contributed by atoms with E-state index in [4.69, 9.17) is 0 Å². The Morgan fingerprint density at radius 3 is 2.86 bits per heavy atom. The molecule has 76 valence electrons. The molecule has 1 heterocycles. The van der Waals surface area contributed by atoms with Crippen LogP contribution in [0.5, 0.6) is 5.75 Å². The highest BCUT2D eigenvalue weighted by Gasteiger charge is 2.15. The van der Waals surface area contributed by atoms with Crippen LogP contribution in [0, 0.1) is 0 Å². The summed E-state index contributed by atoms with van der Waals surface area (Å²) in [5.41, 5.74) is 1.04. The van der Waals surface area contributed by atoms with E-state index >= 15 is 0 Å². The van der Waals surface area contributed by atoms with Crippen LogP contribution in [0.3, 0.4) is 0 Å². The molecule has 1 atom stereocenters. The summed E-state index contributed by atoms with van der Waals surface area (Å²) in [4.78, 5) is 0. The highest BCUT2D eigenvalue weighted by Crippen LogP contribution is 2.22. The fourth-order valence-corrected chi connectivity index (χ4v) is 2.59. The van der Waals surface area contributed by atoms with Gasteiger partial charge in [0.25, 0.3) is 0 Å². The average Bonchev–Trinajstić information content (AvgIpc) is 2.12. The third-order valence-corrected chi connectivity index (χ3v) is 3.65. The molecule has 1 unspecified atom stereocenters. The number of benzene rings is 1. The highest BCUT2D eigenvalue weighted by atomic mass is 32.2. The lowest BCUT2D eigenvalue weighted by Crippen LogP contribution is -2.44. The molecule has 3 heteroatoms. The van der Waals surface area contributed by atoms with E-state index in [2.05, 4.69) is 5.32 Å². The van der Waals surface area contributed by atoms with E-state index in [1.165, 1.54) is 13.0 Å². The molecule has 1 saturated heterocycles. The fraction of sp³-hybridized carbons (Fsp3) is 0.455. The number of hydrogen-bond acceptors (Lipinski definition) is 3. The third-order valence-electron chi connectivity index (χ3n) is 2.49. The number of nitrogens with one attached hydrogen (secondary N) is 1. The van der Waals surface area contributed by atoms with Crippen LogP contribution in [0.1, 0.15) is 12.0 Å². The van der Waals surface area contributed by atoms with E-state index in [0.29, 0.717) is 11.8 Å². The van der Waals surface area contributed by atoms with Crippen LogP contribution >= 0.6 is 11.8 Å². The van der Waals surface area contributed by atoms with E-state index in [9.17, 15) is 5.11 Å². The van der Waals surface area contributed by atoms with E-state index in [1.54, 1.807) is 6.07 Å². The van der Waals surface area contributed by atoms with Crippen molar-refractivity contribution in [3.63, 3.8) is 0 Å². The SMILES string of the molecule is Oc1ccccc1CSCC1CCN1. The minimum Gasteiger partial charge on any atom is -0.508 e. The van der Waals surface area contributed by atoms with Crippen molar-refractivity contribution < 1.29 is 5.11 Å². The van der Waals surface area contributed by atoms with E-state index in [1.807, 2.05) is 30.0 Å². The van der Waals surface area contributed by atoms with Crippen LogP contribution in [-0.2, 0) is 5.75 Å². The number of aromatic hydroxyl groups is 1. The number of phenols is 1. The minimum atomic E-state index is 0.418. The Balaban J connectivity index is 1.76. The van der Waals surface area contributed by atoms with Gasteiger partial charge in [0, 0.05) is 23.1 Å². The van der Waals surface area contributed by atoms with Crippen molar-refractivity contribution in [2.75, 3.05) is 12.3 Å². The van der Waals surface area contributed by atoms with E-state index < -0.39 is 0 Å². The first-order valence-corrected chi connectivity index (χ1v) is 6.10. The van der Waals surface area contributed by atoms with Gasteiger partial charge in [-0.15, -0.1) is 0 Å². The van der Waals surface area contributed by atoms with Gasteiger partial charge < -0.3 is 10.4 Å². The number of hydrogen-bond donors (Lipinski definition) is 2. The van der Waals surface area contributed by atoms with Gasteiger partial charge in [0.1, 0.15) is 5.75 Å². The Hall–Kier alpha value is -0.670. The van der Waals surface area contributed by atoms with Gasteiger partial charge in [-0.1, -0.05) is 18.2 Å². The predicted octanol–water partition coefficient (Wildman–Crippen LogP) is 1.99. The molecule has 1 aliphatic heterocycles. The fourth-order valence-electron chi connectivity index (χ4n) is 1.43. The van der Waals surface area contributed by atoms with Gasteiger partial charge in [-0.25, -0.2) is 0 Å². The van der Waals surface area contributed by atoms with Crippen molar-refractivity contribution in [3.05, 3.63) is 29.8 Å². The van der Waals surface area contributed by atoms with Crippen LogP contribution in [0.25, 0.3) is 0 Å². The molecule has 0 aromatic heterocycles. The Bertz CT molecular complexity index is 299. The maximum atomic E-state index is 9.52. The molecule has 1 fully saturated rings. The molecule has 1 aromatic rings. The van der Waals surface area contributed by atoms with Crippen LogP contribution in [-0.4, -0.2) is 23.4 Å². The van der Waals surface area contributed by atoms with Crippen molar-refractivity contribution in [1.82, 2.24) is 5.32 Å². The summed E-state index contributed by atoms with van der Waals surface area (Å²) < 4.78 is 0. The number of thioether (sulfide) groups is 1. The lowest BCUT2D eigenvalue weighted by atomic mass is 10.1. The first kappa shape index (κ1) is 9.87. The van der Waals surface area contributed by atoms with Crippen LogP contribution in [0.2, 0.25) is 0 Å². The van der Waals surface area contributed by atoms with Crippen molar-refractivity contribution >= 4 is 11.8 Å². The van der Waals surface area contributed by atoms with Crippen molar-refractivity contribution in [1.29, 1.82) is 0 Å². The van der Waals surface area contributed by atoms with E-state index in [0.717, 1.165) is 17.1 Å². The monoisotopic (exact) mass is 209 g/mol. The molecule has 2 N–H and O–H groups in total. The second-order valence-corrected chi connectivity index (χ2v) is 4.61. The molecule has 1 aromatic carbocycles. The van der Waals surface area contributed by atoms with Gasteiger partial charge in [-0.05, 0) is 19.0 Å². The predicted molar refractivity (Wildman–Crippen MR) is 60.7 cm³/mol. The van der Waals surface area contributed by atoms with Crippen molar-refractivity contribution in [2.24, 2.45) is 0 Å². The maximum Gasteiger partial charge on any atom is 0.119 e. The van der Waals surface area contributed by atoms with Gasteiger partial charge in [-0.3, -0.25) is 0 Å². The molecular weight excluding hydrogens is 194 g/mol. The summed E-state index contributed by atoms with van der Waals surface area (Å²) in [6.45, 7) is 1.17. The number of rotatable bonds is 4. The van der Waals surface area contributed by atoms with Crippen molar-refractivity contribution in [2.45, 2.75) is 18.2 Å². The molecule has 0 amide bonds. The quantitative estimate of drug-likeness (QED) is 0.795. The van der Waals surface area contributed by atoms with Gasteiger partial charge in [0.2, 0.25) is 0 Å². The largest absolute Gasteiger partial charge is 0.508 e. The third kappa shape index (κ3) is 2.42. The number of phenolic OH excluding ortho intramolecular Hbond substituents is 1. The second kappa shape index (κ2) is 4.71. The summed E-state index contributed by atoms with van der Waals surface area (Å²) in [6.07, 6.45) is 1.30. The smallest absolute Gasteiger partial charge is 0.119 e. The first-order chi connectivity index (χ1) is 6.86. The van der Waals surface area contributed by atoms with Crippen LogP contribution < -0.4 is 5.32 Å². The topological polar surface area (TPSA) is 32.3 Å². The van der Waals surface area contributed by atoms with Gasteiger partial charge >= 0.3 is 0 Å². The molecule has 1 aliphatic rings. The Kier molecular flexibility index (Phi) is 3.32. The molecule has 0 spiro atoms. The summed E-state index contributed by atoms with van der Waals surface area (Å²) in [5, 5.41) is 12.9. The summed E-state index contributed by atoms with van der Waals surface area (Å²) in [6, 6.07) is 8.26. The van der Waals surface area contributed by atoms with E-state index in [-0.39, 0.29) is 0 Å². The summed E-state index contributed by atoms with van der Waals surface area (Å²) in [5.74, 6) is 2.47. The van der Waals surface area contributed by atoms with Crippen LogP contribution in [0.4, 0.5) is 0 Å². The molecule has 2 nitrogen and oxygen atoms in total. The zero-order valence-corrected chi connectivity index (χ0v) is 8.89. The standard InChI is InChI=1S/C11H15NOS/c13-11-4-2-1-3-9(11)7-14-8-10-5-6-12-10/h1-4,10,12-13H,5-8H2. The molecule has 0 saturated carbocycles. The Morgan fingerprint density at radius 1 is 1.43 bits per heavy atom. The van der Waals surface area contributed by atoms with Crippen molar-refractivity contribution in [3.8, 4) is 5.75 Å². The van der Waals surface area contributed by atoms with Crippen LogP contribution in [0.15, 0.2) is 24.3 Å². The van der Waals surface area contributed by atoms with Gasteiger partial charge in [0.05, 0.1) is 0 Å². The lowest BCUT2D eigenvalue weighted by Gasteiger charge is -2.27. The van der Waals surface area contributed by atoms with Gasteiger partial charge in [-0.2, -0.15) is 11.8 Å². The summed E-state index contributed by atoms with van der Waals surface area (Å²) in [7, 11) is 0. The summed E-state index contributed by atoms with van der Waals surface area (Å²) >= 11 is 1.88. The Labute approximate surface area is 88.7 Å². The molecule has 0 aliphatic carbocycles. The first-order valence-electron chi connectivity index (χ1n) is 4.94. The zero-order valence-electron chi connectivity index (χ0n) is 8.07. The maximum absolute atomic E-state index is 9.52. The molecule has 0 bridgehead atoms. The minimum absolute atomic E-state index is 0.418.